The molecule has 18 heavy (non-hydrogen) atoms. The van der Waals surface area contributed by atoms with Crippen LogP contribution in [0.25, 0.3) is 0 Å². The molecule has 0 atom stereocenters. The van der Waals surface area contributed by atoms with E-state index in [0.29, 0.717) is 18.2 Å². The molecule has 0 aliphatic heterocycles. The van der Waals surface area contributed by atoms with Crippen LogP contribution in [0.1, 0.15) is 35.2 Å². The number of aryl methyl sites for hydroxylation is 1. The van der Waals surface area contributed by atoms with E-state index in [1.807, 2.05) is 30.0 Å². The number of halogens is 1. The lowest BCUT2D eigenvalue weighted by atomic mass is 9.91. The highest BCUT2D eigenvalue weighted by atomic mass is 79.9. The molecule has 0 saturated heterocycles. The van der Waals surface area contributed by atoms with Crippen molar-refractivity contribution in [2.24, 2.45) is 0 Å². The van der Waals surface area contributed by atoms with Crippen molar-refractivity contribution in [1.29, 1.82) is 0 Å². The number of carbonyl (C=O) groups is 1. The lowest BCUT2D eigenvalue weighted by Crippen LogP contribution is -2.45. The van der Waals surface area contributed by atoms with Gasteiger partial charge in [-0.05, 0) is 49.9 Å². The van der Waals surface area contributed by atoms with Gasteiger partial charge in [-0.25, -0.2) is 0 Å². The highest BCUT2D eigenvalue weighted by molar-refractivity contribution is 9.10. The summed E-state index contributed by atoms with van der Waals surface area (Å²) in [5, 5.41) is 9.10. The summed E-state index contributed by atoms with van der Waals surface area (Å²) < 4.78 is 1.01. The lowest BCUT2D eigenvalue weighted by molar-refractivity contribution is 0.0525. The first kappa shape index (κ1) is 13.6. The third-order valence-electron chi connectivity index (χ3n) is 3.52. The Bertz CT molecular complexity index is 443. The van der Waals surface area contributed by atoms with Gasteiger partial charge in [0.05, 0.1) is 6.61 Å². The Kier molecular flexibility index (Phi) is 4.40. The second-order valence-corrected chi connectivity index (χ2v) is 5.63. The summed E-state index contributed by atoms with van der Waals surface area (Å²) >= 11 is 3.44. The Hall–Kier alpha value is -0.870. The molecule has 0 unspecified atom stereocenters. The van der Waals surface area contributed by atoms with Crippen molar-refractivity contribution in [2.75, 3.05) is 13.2 Å². The topological polar surface area (TPSA) is 40.5 Å². The standard InChI is InChI=1S/C14H18BrNO2/c1-10-9-11(5-6-13(10)15)14(18)16(7-8-17)12-3-2-4-12/h5-6,9,12,17H,2-4,7-8H2,1H3. The summed E-state index contributed by atoms with van der Waals surface area (Å²) in [6.07, 6.45) is 3.29. The molecular formula is C14H18BrNO2. The molecule has 98 valence electrons. The van der Waals surface area contributed by atoms with Crippen molar-refractivity contribution >= 4 is 21.8 Å². The molecular weight excluding hydrogens is 294 g/mol. The predicted molar refractivity (Wildman–Crippen MR) is 74.6 cm³/mol. The highest BCUT2D eigenvalue weighted by Gasteiger charge is 2.28. The fourth-order valence-corrected chi connectivity index (χ4v) is 2.45. The Morgan fingerprint density at radius 3 is 2.72 bits per heavy atom. The fraction of sp³-hybridized carbons (Fsp3) is 0.500. The van der Waals surface area contributed by atoms with Gasteiger partial charge in [0.15, 0.2) is 0 Å². The van der Waals surface area contributed by atoms with E-state index in [0.717, 1.165) is 22.9 Å². The van der Waals surface area contributed by atoms with Crippen molar-refractivity contribution < 1.29 is 9.90 Å². The molecule has 0 heterocycles. The summed E-state index contributed by atoms with van der Waals surface area (Å²) in [5.41, 5.74) is 1.76. The van der Waals surface area contributed by atoms with Gasteiger partial charge in [-0.15, -0.1) is 0 Å². The van der Waals surface area contributed by atoms with Crippen molar-refractivity contribution in [1.82, 2.24) is 4.90 Å². The number of amides is 1. The number of nitrogens with zero attached hydrogens (tertiary/aromatic N) is 1. The van der Waals surface area contributed by atoms with Crippen molar-refractivity contribution in [3.8, 4) is 0 Å². The molecule has 2 rings (SSSR count). The van der Waals surface area contributed by atoms with Crippen LogP contribution < -0.4 is 0 Å². The fourth-order valence-electron chi connectivity index (χ4n) is 2.20. The number of rotatable bonds is 4. The van der Waals surface area contributed by atoms with Gasteiger partial charge >= 0.3 is 0 Å². The summed E-state index contributed by atoms with van der Waals surface area (Å²) in [6, 6.07) is 5.95. The van der Waals surface area contributed by atoms with Gasteiger partial charge in [-0.2, -0.15) is 0 Å². The molecule has 1 amide bonds. The number of hydrogen-bond donors (Lipinski definition) is 1. The van der Waals surface area contributed by atoms with Gasteiger partial charge in [0, 0.05) is 22.6 Å². The highest BCUT2D eigenvalue weighted by Crippen LogP contribution is 2.26. The van der Waals surface area contributed by atoms with E-state index in [4.69, 9.17) is 5.11 Å². The molecule has 1 N–H and O–H groups in total. The van der Waals surface area contributed by atoms with Crippen molar-refractivity contribution in [2.45, 2.75) is 32.2 Å². The second-order valence-electron chi connectivity index (χ2n) is 4.77. The summed E-state index contributed by atoms with van der Waals surface area (Å²) in [4.78, 5) is 14.2. The van der Waals surface area contributed by atoms with Gasteiger partial charge in [0.1, 0.15) is 0 Å². The van der Waals surface area contributed by atoms with E-state index >= 15 is 0 Å². The van der Waals surface area contributed by atoms with Crippen LogP contribution in [-0.4, -0.2) is 35.1 Å². The molecule has 3 nitrogen and oxygen atoms in total. The molecule has 1 aliphatic carbocycles. The Morgan fingerprint density at radius 1 is 1.50 bits per heavy atom. The van der Waals surface area contributed by atoms with Crippen LogP contribution in [0.3, 0.4) is 0 Å². The first-order chi connectivity index (χ1) is 8.63. The van der Waals surface area contributed by atoms with E-state index in [2.05, 4.69) is 15.9 Å². The van der Waals surface area contributed by atoms with Gasteiger partial charge in [0.2, 0.25) is 0 Å². The van der Waals surface area contributed by atoms with Gasteiger partial charge in [-0.3, -0.25) is 4.79 Å². The molecule has 1 fully saturated rings. The molecule has 0 aromatic heterocycles. The van der Waals surface area contributed by atoms with Crippen molar-refractivity contribution in [3.63, 3.8) is 0 Å². The quantitative estimate of drug-likeness (QED) is 0.929. The zero-order valence-electron chi connectivity index (χ0n) is 10.5. The molecule has 1 aliphatic rings. The number of carbonyl (C=O) groups excluding carboxylic acids is 1. The molecule has 0 bridgehead atoms. The number of hydrogen-bond acceptors (Lipinski definition) is 2. The lowest BCUT2D eigenvalue weighted by Gasteiger charge is -2.37. The molecule has 4 heteroatoms. The maximum atomic E-state index is 12.4. The maximum Gasteiger partial charge on any atom is 0.254 e. The van der Waals surface area contributed by atoms with E-state index < -0.39 is 0 Å². The Morgan fingerprint density at radius 2 is 2.22 bits per heavy atom. The Labute approximate surface area is 116 Å². The summed E-state index contributed by atoms with van der Waals surface area (Å²) in [7, 11) is 0. The average Bonchev–Trinajstić information content (AvgIpc) is 2.29. The number of benzene rings is 1. The van der Waals surface area contributed by atoms with Crippen LogP contribution in [0.15, 0.2) is 22.7 Å². The summed E-state index contributed by atoms with van der Waals surface area (Å²) in [6.45, 7) is 2.43. The monoisotopic (exact) mass is 311 g/mol. The normalized spacial score (nSPS) is 15.3. The Balaban J connectivity index is 2.18. The molecule has 0 radical (unpaired) electrons. The van der Waals surface area contributed by atoms with Crippen LogP contribution >= 0.6 is 15.9 Å². The third kappa shape index (κ3) is 2.75. The maximum absolute atomic E-state index is 12.4. The van der Waals surface area contributed by atoms with Crippen LogP contribution in [0, 0.1) is 6.92 Å². The van der Waals surface area contributed by atoms with Gasteiger partial charge in [-0.1, -0.05) is 15.9 Å². The van der Waals surface area contributed by atoms with Crippen LogP contribution in [0.2, 0.25) is 0 Å². The molecule has 0 spiro atoms. The van der Waals surface area contributed by atoms with E-state index in [-0.39, 0.29) is 12.5 Å². The third-order valence-corrected chi connectivity index (χ3v) is 4.41. The minimum atomic E-state index is 0.0255. The van der Waals surface area contributed by atoms with E-state index in [1.165, 1.54) is 6.42 Å². The van der Waals surface area contributed by atoms with E-state index in [1.54, 1.807) is 0 Å². The first-order valence-electron chi connectivity index (χ1n) is 6.31. The zero-order chi connectivity index (χ0) is 13.1. The molecule has 1 aromatic carbocycles. The van der Waals surface area contributed by atoms with Gasteiger partial charge in [0.25, 0.3) is 5.91 Å². The first-order valence-corrected chi connectivity index (χ1v) is 7.10. The van der Waals surface area contributed by atoms with Crippen LogP contribution in [-0.2, 0) is 0 Å². The summed E-state index contributed by atoms with van der Waals surface area (Å²) in [5.74, 6) is 0.0318. The minimum absolute atomic E-state index is 0.0255. The van der Waals surface area contributed by atoms with Crippen molar-refractivity contribution in [3.05, 3.63) is 33.8 Å². The number of aliphatic hydroxyl groups is 1. The molecule has 1 saturated carbocycles. The van der Waals surface area contributed by atoms with Crippen LogP contribution in [0.4, 0.5) is 0 Å². The van der Waals surface area contributed by atoms with Crippen LogP contribution in [0.5, 0.6) is 0 Å². The SMILES string of the molecule is Cc1cc(C(=O)N(CCO)C2CCC2)ccc1Br. The average molecular weight is 312 g/mol. The zero-order valence-corrected chi connectivity index (χ0v) is 12.1. The predicted octanol–water partition coefficient (Wildman–Crippen LogP) is 2.74. The van der Waals surface area contributed by atoms with E-state index in [9.17, 15) is 4.79 Å². The largest absolute Gasteiger partial charge is 0.395 e. The van der Waals surface area contributed by atoms with Gasteiger partial charge < -0.3 is 10.0 Å². The second kappa shape index (κ2) is 5.85. The molecule has 1 aromatic rings. The smallest absolute Gasteiger partial charge is 0.254 e. The number of aliphatic hydroxyl groups excluding tert-OH is 1. The minimum Gasteiger partial charge on any atom is -0.395 e.